The van der Waals surface area contributed by atoms with Crippen molar-refractivity contribution in [3.05, 3.63) is 28.3 Å². The summed E-state index contributed by atoms with van der Waals surface area (Å²) in [5, 5.41) is 44.9. The number of carbonyl (C=O) groups is 3. The van der Waals surface area contributed by atoms with Gasteiger partial charge in [0.2, 0.25) is 11.7 Å². The number of carbonyl (C=O) groups excluding carboxylic acids is 3. The molecule has 6 N–H and O–H groups in total. The molecule has 3 rings (SSSR count). The number of nitrogens with zero attached hydrogens (tertiary/aromatic N) is 2. The van der Waals surface area contributed by atoms with Crippen molar-refractivity contribution in [2.45, 2.75) is 70.4 Å². The lowest BCUT2D eigenvalue weighted by molar-refractivity contribution is -0.163. The number of amides is 1. The Morgan fingerprint density at radius 3 is 2.33 bits per heavy atom. The standard InChI is InChI=1S/C30H45N3O7/c1-16(2)9-7-8-10-17-13-21(32(3)4)19-11-18-12-20(22(15-34)33(5)6)30(40,23(35)14-24(31)36)29(39)25(18)28(38)26(19)27(17)37/h13,16,18,20,22,34,37-38,40H,7-12,14-15H2,1-6H3,(H2,31,36)/t18-,20-,22?,30+/m0/s1. The normalized spacial score (nSPS) is 23.3. The quantitative estimate of drug-likeness (QED) is 0.190. The predicted molar refractivity (Wildman–Crippen MR) is 153 cm³/mol. The third-order valence-electron chi connectivity index (χ3n) is 8.51. The fourth-order valence-electron chi connectivity index (χ4n) is 6.41. The number of primary amides is 1. The average molecular weight is 560 g/mol. The number of aromatic hydroxyl groups is 1. The van der Waals surface area contributed by atoms with Gasteiger partial charge in [-0.1, -0.05) is 26.7 Å². The van der Waals surface area contributed by atoms with Crippen molar-refractivity contribution in [2.75, 3.05) is 39.7 Å². The number of aliphatic hydroxyl groups is 3. The van der Waals surface area contributed by atoms with Crippen LogP contribution < -0.4 is 10.6 Å². The van der Waals surface area contributed by atoms with E-state index in [1.54, 1.807) is 19.0 Å². The van der Waals surface area contributed by atoms with Crippen LogP contribution >= 0.6 is 0 Å². The van der Waals surface area contributed by atoms with E-state index in [-0.39, 0.29) is 29.7 Å². The van der Waals surface area contributed by atoms with E-state index in [0.29, 0.717) is 23.5 Å². The summed E-state index contributed by atoms with van der Waals surface area (Å²) >= 11 is 0. The third-order valence-corrected chi connectivity index (χ3v) is 8.51. The van der Waals surface area contributed by atoms with Crippen LogP contribution in [0, 0.1) is 17.8 Å². The molecule has 1 fully saturated rings. The molecule has 1 amide bonds. The van der Waals surface area contributed by atoms with Gasteiger partial charge in [0.05, 0.1) is 18.6 Å². The van der Waals surface area contributed by atoms with E-state index < -0.39 is 59.7 Å². The second-order valence-electron chi connectivity index (χ2n) is 12.2. The Balaban J connectivity index is 2.19. The Bertz CT molecular complexity index is 1190. The van der Waals surface area contributed by atoms with Gasteiger partial charge in [0.25, 0.3) is 0 Å². The lowest BCUT2D eigenvalue weighted by atomic mass is 9.59. The van der Waals surface area contributed by atoms with E-state index in [0.717, 1.165) is 24.9 Å². The summed E-state index contributed by atoms with van der Waals surface area (Å²) < 4.78 is 0. The molecular formula is C30H45N3O7. The number of fused-ring (bicyclic) bond motifs is 2. The largest absolute Gasteiger partial charge is 0.507 e. The molecule has 0 aromatic heterocycles. The summed E-state index contributed by atoms with van der Waals surface area (Å²) in [7, 11) is 7.06. The Morgan fingerprint density at radius 1 is 1.15 bits per heavy atom. The number of anilines is 1. The van der Waals surface area contributed by atoms with Gasteiger partial charge >= 0.3 is 0 Å². The van der Waals surface area contributed by atoms with Crippen molar-refractivity contribution in [2.24, 2.45) is 23.5 Å². The number of rotatable bonds is 12. The summed E-state index contributed by atoms with van der Waals surface area (Å²) in [4.78, 5) is 42.4. The first-order valence-electron chi connectivity index (χ1n) is 14.0. The van der Waals surface area contributed by atoms with Gasteiger partial charge in [-0.25, -0.2) is 0 Å². The van der Waals surface area contributed by atoms with Crippen LogP contribution in [-0.4, -0.2) is 89.2 Å². The molecule has 0 heterocycles. The molecule has 4 atom stereocenters. The molecule has 40 heavy (non-hydrogen) atoms. The van der Waals surface area contributed by atoms with Crippen molar-refractivity contribution in [3.8, 4) is 5.75 Å². The number of hydrogen-bond acceptors (Lipinski definition) is 9. The van der Waals surface area contributed by atoms with Crippen LogP contribution in [0.2, 0.25) is 0 Å². The van der Waals surface area contributed by atoms with Crippen LogP contribution in [-0.2, 0) is 27.2 Å². The predicted octanol–water partition coefficient (Wildman–Crippen LogP) is 1.96. The number of likely N-dealkylation sites (N-methyl/N-ethyl adjacent to an activating group) is 1. The summed E-state index contributed by atoms with van der Waals surface area (Å²) in [5.74, 6) is -4.75. The number of unbranched alkanes of at least 4 members (excludes halogenated alkanes) is 1. The van der Waals surface area contributed by atoms with Gasteiger partial charge in [-0.05, 0) is 68.8 Å². The number of phenols is 1. The monoisotopic (exact) mass is 559 g/mol. The van der Waals surface area contributed by atoms with E-state index >= 15 is 0 Å². The first kappa shape index (κ1) is 31.6. The number of benzene rings is 1. The molecule has 0 aliphatic heterocycles. The molecule has 1 unspecified atom stereocenters. The van der Waals surface area contributed by atoms with Crippen LogP contribution in [0.5, 0.6) is 5.75 Å². The van der Waals surface area contributed by atoms with Gasteiger partial charge in [-0.3, -0.25) is 14.4 Å². The molecule has 2 aliphatic rings. The van der Waals surface area contributed by atoms with E-state index in [9.17, 15) is 34.8 Å². The minimum Gasteiger partial charge on any atom is -0.507 e. The van der Waals surface area contributed by atoms with Crippen LogP contribution in [0.15, 0.2) is 11.6 Å². The fraction of sp³-hybridized carbons (Fsp3) is 0.633. The van der Waals surface area contributed by atoms with Crippen molar-refractivity contribution in [3.63, 3.8) is 0 Å². The summed E-state index contributed by atoms with van der Waals surface area (Å²) in [6.45, 7) is 3.86. The van der Waals surface area contributed by atoms with Gasteiger partial charge in [-0.2, -0.15) is 0 Å². The van der Waals surface area contributed by atoms with Crippen molar-refractivity contribution in [1.82, 2.24) is 4.90 Å². The number of phenolic OH excluding ortho intramolecular Hbond substituents is 1. The zero-order valence-electron chi connectivity index (χ0n) is 24.5. The highest BCUT2D eigenvalue weighted by Gasteiger charge is 2.60. The number of aryl methyl sites for hydroxylation is 1. The molecule has 222 valence electrons. The van der Waals surface area contributed by atoms with Crippen molar-refractivity contribution >= 4 is 28.9 Å². The molecule has 0 spiro atoms. The zero-order chi connectivity index (χ0) is 30.1. The van der Waals surface area contributed by atoms with Gasteiger partial charge in [0.1, 0.15) is 11.5 Å². The molecule has 10 heteroatoms. The van der Waals surface area contributed by atoms with Gasteiger partial charge in [0, 0.05) is 37.3 Å². The molecule has 2 aliphatic carbocycles. The Hall–Kier alpha value is -2.95. The molecule has 1 aromatic carbocycles. The molecule has 1 aromatic rings. The van der Waals surface area contributed by atoms with E-state index in [4.69, 9.17) is 5.73 Å². The van der Waals surface area contributed by atoms with Crippen molar-refractivity contribution in [1.29, 1.82) is 0 Å². The maximum Gasteiger partial charge on any atom is 0.225 e. The van der Waals surface area contributed by atoms with Gasteiger partial charge in [0.15, 0.2) is 11.4 Å². The summed E-state index contributed by atoms with van der Waals surface area (Å²) in [6.07, 6.45) is 2.95. The number of hydrogen-bond donors (Lipinski definition) is 5. The Morgan fingerprint density at radius 2 is 1.80 bits per heavy atom. The minimum atomic E-state index is -2.68. The maximum absolute atomic E-state index is 14.0. The van der Waals surface area contributed by atoms with Gasteiger partial charge in [-0.15, -0.1) is 0 Å². The first-order valence-corrected chi connectivity index (χ1v) is 14.0. The SMILES string of the molecule is CC(C)CCCCc1cc(N(C)C)c2c(c1O)C(O)=C1C(=O)[C@](O)(C(=O)CC(N)=O)[C@H](C(CO)N(C)C)C[C@@H]1C2. The lowest BCUT2D eigenvalue weighted by Gasteiger charge is -2.47. The van der Waals surface area contributed by atoms with Crippen molar-refractivity contribution < 1.29 is 34.8 Å². The van der Waals surface area contributed by atoms with Gasteiger partial charge < -0.3 is 36.0 Å². The average Bonchev–Trinajstić information content (AvgIpc) is 2.85. The van der Waals surface area contributed by atoms with Crippen LogP contribution in [0.25, 0.3) is 5.76 Å². The highest BCUT2D eigenvalue weighted by Crippen LogP contribution is 2.51. The number of aliphatic hydroxyl groups excluding tert-OH is 2. The first-order chi connectivity index (χ1) is 18.7. The number of ketones is 2. The molecule has 0 radical (unpaired) electrons. The lowest BCUT2D eigenvalue weighted by Crippen LogP contribution is -2.64. The third kappa shape index (κ3) is 5.75. The number of nitrogens with two attached hydrogens (primary N) is 1. The highest BCUT2D eigenvalue weighted by molar-refractivity contribution is 6.23. The molecule has 1 saturated carbocycles. The smallest absolute Gasteiger partial charge is 0.225 e. The second kappa shape index (κ2) is 12.3. The van der Waals surface area contributed by atoms with Crippen LogP contribution in [0.1, 0.15) is 62.6 Å². The maximum atomic E-state index is 14.0. The van der Waals surface area contributed by atoms with E-state index in [2.05, 4.69) is 13.8 Å². The summed E-state index contributed by atoms with van der Waals surface area (Å²) in [5.41, 5.74) is 4.68. The fourth-order valence-corrected chi connectivity index (χ4v) is 6.41. The topological polar surface area (TPSA) is 165 Å². The Kier molecular flexibility index (Phi) is 9.70. The Labute approximate surface area is 236 Å². The van der Waals surface area contributed by atoms with Crippen LogP contribution in [0.4, 0.5) is 5.69 Å². The molecular weight excluding hydrogens is 514 g/mol. The van der Waals surface area contributed by atoms with Crippen LogP contribution in [0.3, 0.4) is 0 Å². The minimum absolute atomic E-state index is 0.0829. The zero-order valence-corrected chi connectivity index (χ0v) is 24.5. The molecule has 0 saturated heterocycles. The number of Topliss-reactive ketones (excluding diaryl/α,β-unsaturated/α-hetero) is 2. The molecule has 10 nitrogen and oxygen atoms in total. The summed E-state index contributed by atoms with van der Waals surface area (Å²) in [6, 6.07) is 1.14. The highest BCUT2D eigenvalue weighted by atomic mass is 16.3. The van der Waals surface area contributed by atoms with E-state index in [1.807, 2.05) is 25.1 Å². The molecule has 0 bridgehead atoms. The second-order valence-corrected chi connectivity index (χ2v) is 12.2. The van der Waals surface area contributed by atoms with E-state index in [1.165, 1.54) is 0 Å².